The van der Waals surface area contributed by atoms with Crippen LogP contribution in [0.1, 0.15) is 43.4 Å². The van der Waals surface area contributed by atoms with E-state index in [0.717, 1.165) is 33.8 Å². The smallest absolute Gasteiger partial charge is 0.273 e. The molecule has 0 saturated heterocycles. The fourth-order valence-corrected chi connectivity index (χ4v) is 5.28. The second-order valence-corrected chi connectivity index (χ2v) is 8.55. The lowest BCUT2D eigenvalue weighted by Gasteiger charge is -2.21. The molecule has 1 amide bonds. The van der Waals surface area contributed by atoms with E-state index in [1.54, 1.807) is 6.07 Å². The van der Waals surface area contributed by atoms with Crippen molar-refractivity contribution in [1.82, 2.24) is 9.89 Å². The molecule has 0 unspecified atom stereocenters. The third-order valence-electron chi connectivity index (χ3n) is 6.66. The van der Waals surface area contributed by atoms with Crippen LogP contribution in [0.3, 0.4) is 0 Å². The Kier molecular flexibility index (Phi) is 4.66. The fraction of sp³-hybridized carbons (Fsp3) is 0.375. The van der Waals surface area contributed by atoms with E-state index in [1.807, 2.05) is 48.5 Å². The van der Waals surface area contributed by atoms with Gasteiger partial charge in [-0.25, -0.2) is 5.43 Å². The minimum absolute atomic E-state index is 0.113. The van der Waals surface area contributed by atoms with Gasteiger partial charge in [-0.15, -0.1) is 4.79 Å². The number of carbonyl (C=O) groups excluding carboxylic acids is 1. The first-order chi connectivity index (χ1) is 14.2. The Morgan fingerprint density at radius 1 is 1.00 bits per heavy atom. The van der Waals surface area contributed by atoms with Gasteiger partial charge in [0.05, 0.1) is 11.1 Å². The van der Waals surface area contributed by atoms with E-state index in [4.69, 9.17) is 0 Å². The largest absolute Gasteiger partial charge is 0.294 e. The summed E-state index contributed by atoms with van der Waals surface area (Å²) in [4.78, 5) is 26.8. The molecule has 0 spiro atoms. The zero-order valence-electron chi connectivity index (χ0n) is 16.4. The molecule has 1 heterocycles. The highest BCUT2D eigenvalue weighted by Gasteiger charge is 2.40. The lowest BCUT2D eigenvalue weighted by atomic mass is 9.86. The topological polar surface area (TPSA) is 64.0 Å². The van der Waals surface area contributed by atoms with Crippen LogP contribution in [-0.2, 0) is 11.2 Å². The van der Waals surface area contributed by atoms with Gasteiger partial charge in [0.2, 0.25) is 5.91 Å². The van der Waals surface area contributed by atoms with Crippen LogP contribution in [0.25, 0.3) is 10.8 Å². The average Bonchev–Trinajstić information content (AvgIpc) is 3.35. The van der Waals surface area contributed by atoms with Crippen molar-refractivity contribution < 1.29 is 4.79 Å². The molecule has 3 aromatic rings. The van der Waals surface area contributed by atoms with E-state index in [0.29, 0.717) is 30.1 Å². The predicted octanol–water partition coefficient (Wildman–Crippen LogP) is 3.88. The number of benzene rings is 2. The van der Waals surface area contributed by atoms with Gasteiger partial charge in [0.25, 0.3) is 5.56 Å². The molecule has 3 atom stereocenters. The minimum Gasteiger partial charge on any atom is -0.273 e. The number of rotatable bonds is 5. The molecule has 2 aliphatic rings. The number of hydrogen-bond acceptors (Lipinski definition) is 3. The summed E-state index contributed by atoms with van der Waals surface area (Å²) in [5, 5.41) is 5.94. The molecular formula is C24H25N3O2. The van der Waals surface area contributed by atoms with Gasteiger partial charge in [-0.1, -0.05) is 55.0 Å². The van der Waals surface area contributed by atoms with Gasteiger partial charge in [-0.3, -0.25) is 9.59 Å². The van der Waals surface area contributed by atoms with Crippen LogP contribution in [0.15, 0.2) is 59.4 Å². The molecule has 2 bridgehead atoms. The Labute approximate surface area is 169 Å². The van der Waals surface area contributed by atoms with Gasteiger partial charge in [-0.2, -0.15) is 5.10 Å². The van der Waals surface area contributed by atoms with Gasteiger partial charge < -0.3 is 0 Å². The van der Waals surface area contributed by atoms with Crippen molar-refractivity contribution in [3.05, 3.63) is 76.2 Å². The van der Waals surface area contributed by atoms with Crippen LogP contribution < -0.4 is 11.0 Å². The van der Waals surface area contributed by atoms with E-state index in [1.165, 1.54) is 19.3 Å². The summed E-state index contributed by atoms with van der Waals surface area (Å²) in [7, 11) is 0. The molecule has 2 fully saturated rings. The maximum Gasteiger partial charge on any atom is 0.294 e. The van der Waals surface area contributed by atoms with Crippen LogP contribution in [0, 0.1) is 17.8 Å². The quantitative estimate of drug-likeness (QED) is 0.722. The number of hydrogen-bond donors (Lipinski definition) is 1. The standard InChI is InChI=1S/C24H25N3O2/c28-23(15-19-13-17-10-11-18(19)12-17)26-27-24(29)21-9-5-4-8-20(21)22(25-27)14-16-6-2-1-3-7-16/h1-9,17-19H,10-15H2,(H,26,28)/t17-,18+,19-/m1/s1. The van der Waals surface area contributed by atoms with Crippen LogP contribution in [0.2, 0.25) is 0 Å². The Morgan fingerprint density at radius 2 is 1.76 bits per heavy atom. The van der Waals surface area contributed by atoms with E-state index in [-0.39, 0.29) is 11.5 Å². The van der Waals surface area contributed by atoms with Gasteiger partial charge in [-0.05, 0) is 48.6 Å². The fourth-order valence-electron chi connectivity index (χ4n) is 5.28. The second kappa shape index (κ2) is 7.47. The van der Waals surface area contributed by atoms with Crippen molar-refractivity contribution in [2.24, 2.45) is 17.8 Å². The lowest BCUT2D eigenvalue weighted by molar-refractivity contribution is -0.118. The van der Waals surface area contributed by atoms with Gasteiger partial charge in [0.1, 0.15) is 0 Å². The molecule has 1 N–H and O–H groups in total. The van der Waals surface area contributed by atoms with Crippen molar-refractivity contribution in [3.63, 3.8) is 0 Å². The third-order valence-corrected chi connectivity index (χ3v) is 6.66. The summed E-state index contributed by atoms with van der Waals surface area (Å²) < 4.78 is 0. The van der Waals surface area contributed by atoms with E-state index < -0.39 is 0 Å². The van der Waals surface area contributed by atoms with Crippen LogP contribution in [0.4, 0.5) is 0 Å². The van der Waals surface area contributed by atoms with Crippen molar-refractivity contribution in [1.29, 1.82) is 0 Å². The Morgan fingerprint density at radius 3 is 2.48 bits per heavy atom. The summed E-state index contributed by atoms with van der Waals surface area (Å²) in [6, 6.07) is 17.5. The van der Waals surface area contributed by atoms with E-state index in [2.05, 4.69) is 10.5 Å². The Bertz CT molecular complexity index is 1110. The molecule has 29 heavy (non-hydrogen) atoms. The first kappa shape index (κ1) is 18.1. The normalized spacial score (nSPS) is 22.8. The summed E-state index contributed by atoms with van der Waals surface area (Å²) in [5.41, 5.74) is 4.39. The first-order valence-corrected chi connectivity index (χ1v) is 10.5. The molecular weight excluding hydrogens is 362 g/mol. The van der Waals surface area contributed by atoms with Crippen molar-refractivity contribution in [2.45, 2.75) is 38.5 Å². The number of carbonyl (C=O) groups is 1. The molecule has 0 aliphatic heterocycles. The zero-order valence-corrected chi connectivity index (χ0v) is 16.4. The third kappa shape index (κ3) is 3.57. The number of amides is 1. The molecule has 2 aromatic carbocycles. The van der Waals surface area contributed by atoms with Gasteiger partial charge >= 0.3 is 0 Å². The summed E-state index contributed by atoms with van der Waals surface area (Å²) >= 11 is 0. The van der Waals surface area contributed by atoms with Gasteiger partial charge in [0.15, 0.2) is 0 Å². The molecule has 5 nitrogen and oxygen atoms in total. The zero-order chi connectivity index (χ0) is 19.8. The van der Waals surface area contributed by atoms with Crippen molar-refractivity contribution in [2.75, 3.05) is 5.43 Å². The predicted molar refractivity (Wildman–Crippen MR) is 113 cm³/mol. The van der Waals surface area contributed by atoms with Crippen LogP contribution in [-0.4, -0.2) is 15.8 Å². The molecule has 5 heteroatoms. The van der Waals surface area contributed by atoms with Gasteiger partial charge in [0, 0.05) is 18.2 Å². The molecule has 1 aromatic heterocycles. The lowest BCUT2D eigenvalue weighted by Crippen LogP contribution is -2.37. The SMILES string of the molecule is O=C(C[C@H]1C[C@@H]2CC[C@H]1C2)Nn1nc(Cc2ccccc2)c2ccccc2c1=O. The summed E-state index contributed by atoms with van der Waals surface area (Å²) in [5.74, 6) is 1.82. The highest BCUT2D eigenvalue weighted by Crippen LogP contribution is 2.49. The van der Waals surface area contributed by atoms with Crippen molar-refractivity contribution >= 4 is 16.7 Å². The maximum atomic E-state index is 12.9. The minimum atomic E-state index is -0.279. The van der Waals surface area contributed by atoms with Crippen molar-refractivity contribution in [3.8, 4) is 0 Å². The number of nitrogens with zero attached hydrogens (tertiary/aromatic N) is 2. The van der Waals surface area contributed by atoms with Crippen LogP contribution >= 0.6 is 0 Å². The molecule has 5 rings (SSSR count). The monoisotopic (exact) mass is 387 g/mol. The molecule has 2 saturated carbocycles. The van der Waals surface area contributed by atoms with Crippen LogP contribution in [0.5, 0.6) is 0 Å². The molecule has 148 valence electrons. The highest BCUT2D eigenvalue weighted by atomic mass is 16.2. The average molecular weight is 387 g/mol. The number of nitrogens with one attached hydrogen (secondary N) is 1. The first-order valence-electron chi connectivity index (χ1n) is 10.5. The molecule has 2 aliphatic carbocycles. The summed E-state index contributed by atoms with van der Waals surface area (Å²) in [6.07, 6.45) is 6.07. The number of fused-ring (bicyclic) bond motifs is 3. The maximum absolute atomic E-state index is 12.9. The Hall–Kier alpha value is -2.95. The second-order valence-electron chi connectivity index (χ2n) is 8.55. The highest BCUT2D eigenvalue weighted by molar-refractivity contribution is 5.86. The summed E-state index contributed by atoms with van der Waals surface area (Å²) in [6.45, 7) is 0. The Balaban J connectivity index is 1.43. The molecule has 0 radical (unpaired) electrons. The van der Waals surface area contributed by atoms with E-state index >= 15 is 0 Å². The number of aromatic nitrogens is 2. The van der Waals surface area contributed by atoms with E-state index in [9.17, 15) is 9.59 Å².